The third kappa shape index (κ3) is 3.45. The summed E-state index contributed by atoms with van der Waals surface area (Å²) in [5.74, 6) is -1.31. The van der Waals surface area contributed by atoms with Crippen LogP contribution >= 0.6 is 0 Å². The molecule has 7 nitrogen and oxygen atoms in total. The van der Waals surface area contributed by atoms with Crippen molar-refractivity contribution >= 4 is 34.4 Å². The minimum atomic E-state index is -1.36. The number of benzene rings is 3. The van der Waals surface area contributed by atoms with E-state index < -0.39 is 23.4 Å². The summed E-state index contributed by atoms with van der Waals surface area (Å²) in [7, 11) is 1.55. The van der Waals surface area contributed by atoms with Crippen molar-refractivity contribution in [2.45, 2.75) is 24.4 Å². The Bertz CT molecular complexity index is 1760. The lowest BCUT2D eigenvalue weighted by Gasteiger charge is -2.39. The fraction of sp³-hybridized carbons (Fsp3) is 0.176. The maximum atomic E-state index is 14.8. The smallest absolute Gasteiger partial charge is 0.238 e. The fourth-order valence-electron chi connectivity index (χ4n) is 7.03. The number of nitrogens with one attached hydrogen (secondary N) is 1. The van der Waals surface area contributed by atoms with E-state index in [4.69, 9.17) is 4.74 Å². The standard InChI is InChI=1S/C34H27N3O4/c1-20-18-28-34(25-11-4-5-12-26(25)36-33(34)40)29(31(38)21-14-16-35-17-15-21)30(37(28)27-13-6-3-10-24(20)27)32(39)22-8-7-9-23(19-22)41-2/h3-19,28-30H,1-2H3,(H,36,40)/t28-,29+,30+,34-/m1/s1. The van der Waals surface area contributed by atoms with Crippen LogP contribution in [-0.4, -0.2) is 41.7 Å². The second-order valence-electron chi connectivity index (χ2n) is 10.7. The van der Waals surface area contributed by atoms with Crippen LogP contribution in [-0.2, 0) is 10.2 Å². The van der Waals surface area contributed by atoms with Crippen LogP contribution in [0.4, 0.5) is 11.4 Å². The molecule has 7 heteroatoms. The minimum Gasteiger partial charge on any atom is -0.497 e. The third-order valence-electron chi connectivity index (χ3n) is 8.75. The molecule has 1 fully saturated rings. The van der Waals surface area contributed by atoms with E-state index >= 15 is 0 Å². The van der Waals surface area contributed by atoms with E-state index in [-0.39, 0.29) is 17.5 Å². The maximum absolute atomic E-state index is 14.8. The van der Waals surface area contributed by atoms with Gasteiger partial charge in [-0.3, -0.25) is 19.4 Å². The first kappa shape index (κ1) is 25.0. The second-order valence-corrected chi connectivity index (χ2v) is 10.7. The van der Waals surface area contributed by atoms with E-state index in [0.29, 0.717) is 22.6 Å². The number of aromatic nitrogens is 1. The van der Waals surface area contributed by atoms with E-state index in [0.717, 1.165) is 22.4 Å². The summed E-state index contributed by atoms with van der Waals surface area (Å²) < 4.78 is 5.43. The van der Waals surface area contributed by atoms with Gasteiger partial charge in [-0.05, 0) is 54.5 Å². The first-order chi connectivity index (χ1) is 20.0. The Kier molecular flexibility index (Phi) is 5.64. The average molecular weight is 542 g/mol. The number of methoxy groups -OCH3 is 1. The lowest BCUT2D eigenvalue weighted by molar-refractivity contribution is -0.121. The molecule has 4 atom stereocenters. The SMILES string of the molecule is COc1cccc(C(=O)[C@@H]2[C@@H](C(=O)c3ccncc3)[C@]3(C(=O)Nc4ccccc43)[C@H]3C=C(C)c4ccccc4N23)c1. The van der Waals surface area contributed by atoms with Crippen molar-refractivity contribution in [3.63, 3.8) is 0 Å². The van der Waals surface area contributed by atoms with Crippen LogP contribution in [0.1, 0.15) is 38.8 Å². The third-order valence-corrected chi connectivity index (χ3v) is 8.75. The molecule has 1 amide bonds. The van der Waals surface area contributed by atoms with E-state index in [1.165, 1.54) is 0 Å². The number of carbonyl (C=O) groups excluding carboxylic acids is 3. The molecular weight excluding hydrogens is 514 g/mol. The number of fused-ring (bicyclic) bond motifs is 6. The molecule has 202 valence electrons. The van der Waals surface area contributed by atoms with E-state index in [1.54, 1.807) is 55.9 Å². The highest BCUT2D eigenvalue weighted by molar-refractivity contribution is 6.18. The highest BCUT2D eigenvalue weighted by atomic mass is 16.5. The lowest BCUT2D eigenvalue weighted by Crippen LogP contribution is -2.51. The quantitative estimate of drug-likeness (QED) is 0.344. The van der Waals surface area contributed by atoms with Crippen LogP contribution in [0.5, 0.6) is 5.75 Å². The summed E-state index contributed by atoms with van der Waals surface area (Å²) in [6, 6.07) is 24.1. The molecule has 3 aromatic carbocycles. The van der Waals surface area contributed by atoms with Gasteiger partial charge >= 0.3 is 0 Å². The van der Waals surface area contributed by atoms with E-state index in [1.807, 2.05) is 60.4 Å². The molecule has 1 N–H and O–H groups in total. The van der Waals surface area contributed by atoms with Gasteiger partial charge < -0.3 is 15.0 Å². The lowest BCUT2D eigenvalue weighted by atomic mass is 9.64. The summed E-state index contributed by atoms with van der Waals surface area (Å²) in [4.78, 5) is 50.0. The zero-order chi connectivity index (χ0) is 28.3. The Morgan fingerprint density at radius 1 is 0.902 bits per heavy atom. The van der Waals surface area contributed by atoms with Gasteiger partial charge in [0.05, 0.1) is 19.1 Å². The number of hydrogen-bond donors (Lipinski definition) is 1. The van der Waals surface area contributed by atoms with Gasteiger partial charge in [0.25, 0.3) is 0 Å². The Labute approximate surface area is 237 Å². The molecule has 0 radical (unpaired) electrons. The van der Waals surface area contributed by atoms with Gasteiger partial charge in [0.2, 0.25) is 5.91 Å². The topological polar surface area (TPSA) is 88.6 Å². The highest BCUT2D eigenvalue weighted by Gasteiger charge is 2.70. The highest BCUT2D eigenvalue weighted by Crippen LogP contribution is 2.58. The number of anilines is 2. The number of hydrogen-bond acceptors (Lipinski definition) is 6. The fourth-order valence-corrected chi connectivity index (χ4v) is 7.03. The minimum absolute atomic E-state index is 0.252. The zero-order valence-electron chi connectivity index (χ0n) is 22.6. The van der Waals surface area contributed by atoms with Crippen LogP contribution in [0.2, 0.25) is 0 Å². The number of ether oxygens (including phenoxy) is 1. The zero-order valence-corrected chi connectivity index (χ0v) is 22.6. The van der Waals surface area contributed by atoms with Gasteiger partial charge in [0, 0.05) is 40.5 Å². The molecule has 1 saturated heterocycles. The number of rotatable bonds is 5. The average Bonchev–Trinajstić information content (AvgIpc) is 3.49. The van der Waals surface area contributed by atoms with Crippen molar-refractivity contribution in [1.82, 2.24) is 4.98 Å². The van der Waals surface area contributed by atoms with Crippen LogP contribution in [0.15, 0.2) is 103 Å². The molecule has 4 heterocycles. The predicted molar refractivity (Wildman–Crippen MR) is 156 cm³/mol. The molecule has 3 aliphatic rings. The van der Waals surface area contributed by atoms with Gasteiger partial charge in [0.1, 0.15) is 17.2 Å². The molecular formula is C34H27N3O4. The Morgan fingerprint density at radius 3 is 2.46 bits per heavy atom. The molecule has 0 unspecified atom stereocenters. The Hall–Kier alpha value is -5.04. The normalized spacial score (nSPS) is 23.8. The van der Waals surface area contributed by atoms with Gasteiger partial charge in [-0.25, -0.2) is 0 Å². The second kappa shape index (κ2) is 9.27. The van der Waals surface area contributed by atoms with E-state index in [2.05, 4.69) is 16.4 Å². The van der Waals surface area contributed by atoms with Crippen molar-refractivity contribution in [2.24, 2.45) is 5.92 Å². The summed E-state index contributed by atoms with van der Waals surface area (Å²) in [6.45, 7) is 2.01. The van der Waals surface area contributed by atoms with Crippen molar-refractivity contribution < 1.29 is 19.1 Å². The number of pyridine rings is 1. The van der Waals surface area contributed by atoms with Gasteiger partial charge in [-0.1, -0.05) is 54.6 Å². The first-order valence-electron chi connectivity index (χ1n) is 13.6. The van der Waals surface area contributed by atoms with Crippen LogP contribution in [0.25, 0.3) is 5.57 Å². The predicted octanol–water partition coefficient (Wildman–Crippen LogP) is 5.34. The van der Waals surface area contributed by atoms with E-state index in [9.17, 15) is 14.4 Å². The molecule has 0 aliphatic carbocycles. The number of Topliss-reactive ketones (excluding diaryl/α,β-unsaturated/α-hetero) is 2. The van der Waals surface area contributed by atoms with Gasteiger partial charge in [-0.2, -0.15) is 0 Å². The summed E-state index contributed by atoms with van der Waals surface area (Å²) >= 11 is 0. The van der Waals surface area contributed by atoms with Crippen molar-refractivity contribution in [2.75, 3.05) is 17.3 Å². The molecule has 41 heavy (non-hydrogen) atoms. The molecule has 1 aromatic heterocycles. The largest absolute Gasteiger partial charge is 0.497 e. The number of nitrogens with zero attached hydrogens (tertiary/aromatic N) is 2. The molecule has 7 rings (SSSR count). The maximum Gasteiger partial charge on any atom is 0.238 e. The van der Waals surface area contributed by atoms with Gasteiger partial charge in [-0.15, -0.1) is 0 Å². The molecule has 3 aliphatic heterocycles. The number of carbonyl (C=O) groups is 3. The van der Waals surface area contributed by atoms with Crippen LogP contribution < -0.4 is 15.0 Å². The Morgan fingerprint density at radius 2 is 1.66 bits per heavy atom. The molecule has 4 aromatic rings. The van der Waals surface area contributed by atoms with Crippen molar-refractivity contribution in [3.8, 4) is 5.75 Å². The van der Waals surface area contributed by atoms with Crippen LogP contribution in [0, 0.1) is 5.92 Å². The number of ketones is 2. The number of para-hydroxylation sites is 2. The monoisotopic (exact) mass is 541 g/mol. The first-order valence-corrected chi connectivity index (χ1v) is 13.6. The van der Waals surface area contributed by atoms with Crippen molar-refractivity contribution in [3.05, 3.63) is 126 Å². The molecule has 0 saturated carbocycles. The number of allylic oxidation sites excluding steroid dienone is 1. The van der Waals surface area contributed by atoms with Crippen molar-refractivity contribution in [1.29, 1.82) is 0 Å². The summed E-state index contributed by atoms with van der Waals surface area (Å²) in [6.07, 6.45) is 5.17. The van der Waals surface area contributed by atoms with Gasteiger partial charge in [0.15, 0.2) is 11.6 Å². The summed E-state index contributed by atoms with van der Waals surface area (Å²) in [5, 5.41) is 3.07. The Balaban J connectivity index is 1.55. The summed E-state index contributed by atoms with van der Waals surface area (Å²) in [5.41, 5.74) is 3.60. The number of amides is 1. The van der Waals surface area contributed by atoms with Crippen LogP contribution in [0.3, 0.4) is 0 Å². The molecule has 1 spiro atoms. The molecule has 0 bridgehead atoms.